The smallest absolute Gasteiger partial charge is 0.204 e. The minimum atomic E-state index is -3.32. The van der Waals surface area contributed by atoms with Gasteiger partial charge in [-0.15, -0.1) is 0 Å². The van der Waals surface area contributed by atoms with Crippen LogP contribution >= 0.6 is 0 Å². The summed E-state index contributed by atoms with van der Waals surface area (Å²) in [6.07, 6.45) is 6.30. The minimum Gasteiger partial charge on any atom is -0.204 e. The van der Waals surface area contributed by atoms with Gasteiger partial charge in [-0.2, -0.15) is 4.40 Å². The van der Waals surface area contributed by atoms with E-state index in [1.54, 1.807) is 6.92 Å². The summed E-state index contributed by atoms with van der Waals surface area (Å²) in [5.41, 5.74) is 3.46. The molecule has 1 heterocycles. The number of hydrogen-bond donors (Lipinski definition) is 0. The van der Waals surface area contributed by atoms with Gasteiger partial charge in [0.25, 0.3) is 10.0 Å². The first kappa shape index (κ1) is 13.0. The van der Waals surface area contributed by atoms with Crippen LogP contribution in [0, 0.1) is 0 Å². The largest absolute Gasteiger partial charge is 0.257 e. The molecule has 1 aliphatic heterocycles. The molecule has 4 heteroatoms. The second kappa shape index (κ2) is 5.06. The van der Waals surface area contributed by atoms with Crippen molar-refractivity contribution in [1.29, 1.82) is 0 Å². The van der Waals surface area contributed by atoms with Gasteiger partial charge >= 0.3 is 0 Å². The molecule has 0 saturated heterocycles. The van der Waals surface area contributed by atoms with Crippen molar-refractivity contribution < 1.29 is 8.42 Å². The Morgan fingerprint density at radius 1 is 1.39 bits per heavy atom. The van der Waals surface area contributed by atoms with Crippen molar-refractivity contribution in [2.75, 3.05) is 0 Å². The maximum absolute atomic E-state index is 11.6. The molecule has 0 amide bonds. The normalized spacial score (nSPS) is 17.6. The van der Waals surface area contributed by atoms with E-state index in [2.05, 4.69) is 23.5 Å². The first-order valence-corrected chi connectivity index (χ1v) is 7.72. The summed E-state index contributed by atoms with van der Waals surface area (Å²) < 4.78 is 27.0. The van der Waals surface area contributed by atoms with E-state index < -0.39 is 10.0 Å². The lowest BCUT2D eigenvalue weighted by Crippen LogP contribution is -2.16. The zero-order chi connectivity index (χ0) is 13.2. The lowest BCUT2D eigenvalue weighted by atomic mass is 9.97. The van der Waals surface area contributed by atoms with Crippen LogP contribution in [0.5, 0.6) is 0 Å². The highest BCUT2D eigenvalue weighted by Gasteiger charge is 2.22. The predicted molar refractivity (Wildman–Crippen MR) is 75.2 cm³/mol. The van der Waals surface area contributed by atoms with Crippen LogP contribution in [0.1, 0.15) is 43.4 Å². The van der Waals surface area contributed by atoms with Crippen molar-refractivity contribution in [3.8, 4) is 0 Å². The monoisotopic (exact) mass is 263 g/mol. The Morgan fingerprint density at radius 3 is 2.89 bits per heavy atom. The van der Waals surface area contributed by atoms with E-state index in [4.69, 9.17) is 0 Å². The van der Waals surface area contributed by atoms with Crippen molar-refractivity contribution >= 4 is 21.8 Å². The molecule has 3 nitrogen and oxygen atoms in total. The topological polar surface area (TPSA) is 46.5 Å². The van der Waals surface area contributed by atoms with Crippen LogP contribution in [0.3, 0.4) is 0 Å². The number of fused-ring (bicyclic) bond motifs is 1. The average molecular weight is 263 g/mol. The van der Waals surface area contributed by atoms with Crippen LogP contribution in [0.25, 0.3) is 6.08 Å². The molecule has 1 aromatic carbocycles. The standard InChI is InChI=1S/C14H17NO2S/c1-3-4-5-7-12-8-6-9-13-10-18(16,17)15-11(2)14(12)13/h5-9H,3-4,10H2,1-2H3/b7-5+. The summed E-state index contributed by atoms with van der Waals surface area (Å²) in [6, 6.07) is 5.77. The predicted octanol–water partition coefficient (Wildman–Crippen LogP) is 3.15. The van der Waals surface area contributed by atoms with E-state index in [0.29, 0.717) is 5.71 Å². The lowest BCUT2D eigenvalue weighted by molar-refractivity contribution is 0.596. The Bertz CT molecular complexity index is 613. The summed E-state index contributed by atoms with van der Waals surface area (Å²) in [5, 5.41) is 0. The van der Waals surface area contributed by atoms with Crippen LogP contribution in [-0.2, 0) is 15.8 Å². The van der Waals surface area contributed by atoms with Crippen molar-refractivity contribution in [2.45, 2.75) is 32.4 Å². The molecule has 0 aromatic heterocycles. The van der Waals surface area contributed by atoms with Gasteiger partial charge in [-0.3, -0.25) is 0 Å². The molecule has 96 valence electrons. The zero-order valence-electron chi connectivity index (χ0n) is 10.7. The van der Waals surface area contributed by atoms with Crippen LogP contribution in [-0.4, -0.2) is 14.1 Å². The number of unbranched alkanes of at least 4 members (excludes halogenated alkanes) is 1. The fourth-order valence-electron chi connectivity index (χ4n) is 2.18. The molecule has 0 N–H and O–H groups in total. The van der Waals surface area contributed by atoms with E-state index in [0.717, 1.165) is 29.5 Å². The molecule has 0 bridgehead atoms. The fraction of sp³-hybridized carbons (Fsp3) is 0.357. The molecule has 2 rings (SSSR count). The fourth-order valence-corrected chi connectivity index (χ4v) is 3.39. The van der Waals surface area contributed by atoms with Crippen molar-refractivity contribution in [3.63, 3.8) is 0 Å². The van der Waals surface area contributed by atoms with E-state index in [1.807, 2.05) is 18.2 Å². The number of hydrogen-bond acceptors (Lipinski definition) is 2. The number of rotatable bonds is 3. The SMILES string of the molecule is CCC/C=C/c1cccc2c1C(C)=NS(=O)(=O)C2. The molecule has 18 heavy (non-hydrogen) atoms. The Labute approximate surface area is 108 Å². The van der Waals surface area contributed by atoms with Crippen LogP contribution in [0.2, 0.25) is 0 Å². The molecule has 1 aliphatic rings. The van der Waals surface area contributed by atoms with Crippen LogP contribution < -0.4 is 0 Å². The Hall–Kier alpha value is -1.42. The van der Waals surface area contributed by atoms with Crippen LogP contribution in [0.4, 0.5) is 0 Å². The average Bonchev–Trinajstić information content (AvgIpc) is 2.27. The first-order chi connectivity index (χ1) is 8.53. The highest BCUT2D eigenvalue weighted by Crippen LogP contribution is 2.25. The van der Waals surface area contributed by atoms with Gasteiger partial charge in [-0.25, -0.2) is 8.42 Å². The maximum Gasteiger partial charge on any atom is 0.257 e. The third-order valence-corrected chi connectivity index (χ3v) is 4.14. The maximum atomic E-state index is 11.6. The summed E-state index contributed by atoms with van der Waals surface area (Å²) in [5.74, 6) is 0.00906. The number of allylic oxidation sites excluding steroid dienone is 1. The lowest BCUT2D eigenvalue weighted by Gasteiger charge is -2.16. The molecule has 0 atom stereocenters. The van der Waals surface area contributed by atoms with Crippen LogP contribution in [0.15, 0.2) is 28.7 Å². The van der Waals surface area contributed by atoms with Gasteiger partial charge in [0.15, 0.2) is 0 Å². The van der Waals surface area contributed by atoms with Gasteiger partial charge in [0, 0.05) is 5.56 Å². The number of nitrogens with zero attached hydrogens (tertiary/aromatic N) is 1. The minimum absolute atomic E-state index is 0.00906. The van der Waals surface area contributed by atoms with E-state index in [1.165, 1.54) is 0 Å². The van der Waals surface area contributed by atoms with Crippen molar-refractivity contribution in [1.82, 2.24) is 0 Å². The summed E-state index contributed by atoms with van der Waals surface area (Å²) in [6.45, 7) is 3.89. The second-order valence-corrected chi connectivity index (χ2v) is 6.11. The molecule has 0 spiro atoms. The number of sulfonamides is 1. The summed E-state index contributed by atoms with van der Waals surface area (Å²) in [7, 11) is -3.32. The molecule has 0 aliphatic carbocycles. The quantitative estimate of drug-likeness (QED) is 0.841. The third-order valence-electron chi connectivity index (χ3n) is 2.91. The van der Waals surface area contributed by atoms with E-state index >= 15 is 0 Å². The second-order valence-electron chi connectivity index (χ2n) is 4.48. The Morgan fingerprint density at radius 2 is 2.17 bits per heavy atom. The third kappa shape index (κ3) is 2.70. The van der Waals surface area contributed by atoms with Gasteiger partial charge in [-0.05, 0) is 24.5 Å². The first-order valence-electron chi connectivity index (χ1n) is 6.11. The van der Waals surface area contributed by atoms with Gasteiger partial charge < -0.3 is 0 Å². The Balaban J connectivity index is 2.49. The molecular weight excluding hydrogens is 246 g/mol. The van der Waals surface area contributed by atoms with E-state index in [9.17, 15) is 8.42 Å². The summed E-state index contributed by atoms with van der Waals surface area (Å²) >= 11 is 0. The Kier molecular flexibility index (Phi) is 3.66. The summed E-state index contributed by atoms with van der Waals surface area (Å²) in [4.78, 5) is 0. The van der Waals surface area contributed by atoms with Gasteiger partial charge in [-0.1, -0.05) is 43.7 Å². The van der Waals surface area contributed by atoms with Gasteiger partial charge in [0.05, 0.1) is 11.5 Å². The van der Waals surface area contributed by atoms with Crippen molar-refractivity contribution in [2.24, 2.45) is 4.40 Å². The van der Waals surface area contributed by atoms with E-state index in [-0.39, 0.29) is 5.75 Å². The molecule has 0 saturated carbocycles. The molecular formula is C14H17NO2S. The molecule has 1 aromatic rings. The number of benzene rings is 1. The van der Waals surface area contributed by atoms with Gasteiger partial charge in [0.2, 0.25) is 0 Å². The molecule has 0 unspecified atom stereocenters. The van der Waals surface area contributed by atoms with Gasteiger partial charge in [0.1, 0.15) is 0 Å². The molecule has 0 radical (unpaired) electrons. The molecule has 0 fully saturated rings. The zero-order valence-corrected chi connectivity index (χ0v) is 11.5. The highest BCUT2D eigenvalue weighted by molar-refractivity contribution is 7.89. The highest BCUT2D eigenvalue weighted by atomic mass is 32.2. The van der Waals surface area contributed by atoms with Crippen molar-refractivity contribution in [3.05, 3.63) is 41.0 Å².